The van der Waals surface area contributed by atoms with Gasteiger partial charge in [-0.15, -0.1) is 0 Å². The number of likely N-dealkylation sites (N-methyl/N-ethyl adjacent to an activating group) is 1. The molecule has 4 rings (SSSR count). The zero-order chi connectivity index (χ0) is 22.0. The smallest absolute Gasteiger partial charge is 0.270 e. The van der Waals surface area contributed by atoms with Gasteiger partial charge in [-0.05, 0) is 38.1 Å². The van der Waals surface area contributed by atoms with Crippen molar-refractivity contribution >= 4 is 28.4 Å². The molecule has 0 radical (unpaired) electrons. The summed E-state index contributed by atoms with van der Waals surface area (Å²) in [5, 5.41) is 3.68. The number of fused-ring (bicyclic) bond motifs is 1. The standard InChI is InChI=1S/C23H32FN5O2/c1-3-26-12-14-27(15-13-26)11-9-25-23(31)22-21(29-10-5-6-20(29)30)18-16-17(24)7-8-19(18)28(22)4-2/h7-8,16H,3-6,9-15H2,1-2H3,(H,25,31). The highest BCUT2D eigenvalue weighted by molar-refractivity contribution is 6.14. The van der Waals surface area contributed by atoms with E-state index in [0.29, 0.717) is 42.8 Å². The third kappa shape index (κ3) is 4.32. The highest BCUT2D eigenvalue weighted by Crippen LogP contribution is 2.37. The number of nitrogens with one attached hydrogen (secondary N) is 1. The number of benzene rings is 1. The van der Waals surface area contributed by atoms with Crippen LogP contribution in [0.4, 0.5) is 10.1 Å². The Balaban J connectivity index is 1.57. The highest BCUT2D eigenvalue weighted by Gasteiger charge is 2.32. The first-order valence-electron chi connectivity index (χ1n) is 11.4. The fraction of sp³-hybridized carbons (Fsp3) is 0.565. The van der Waals surface area contributed by atoms with Gasteiger partial charge in [-0.2, -0.15) is 0 Å². The highest BCUT2D eigenvalue weighted by atomic mass is 19.1. The molecule has 0 atom stereocenters. The molecule has 8 heteroatoms. The number of nitrogens with zero attached hydrogens (tertiary/aromatic N) is 4. The molecule has 2 aliphatic rings. The first-order chi connectivity index (χ1) is 15.0. The van der Waals surface area contributed by atoms with Crippen LogP contribution in [0.25, 0.3) is 10.9 Å². The van der Waals surface area contributed by atoms with Gasteiger partial charge in [-0.3, -0.25) is 14.5 Å². The van der Waals surface area contributed by atoms with Crippen molar-refractivity contribution in [2.45, 2.75) is 33.2 Å². The number of hydrogen-bond acceptors (Lipinski definition) is 4. The minimum absolute atomic E-state index is 0.0118. The summed E-state index contributed by atoms with van der Waals surface area (Å²) in [5.41, 5.74) is 1.78. The lowest BCUT2D eigenvalue weighted by Gasteiger charge is -2.33. The van der Waals surface area contributed by atoms with Crippen molar-refractivity contribution in [3.05, 3.63) is 29.7 Å². The Morgan fingerprint density at radius 2 is 1.81 bits per heavy atom. The summed E-state index contributed by atoms with van der Waals surface area (Å²) in [6.45, 7) is 11.8. The van der Waals surface area contributed by atoms with Crippen LogP contribution >= 0.6 is 0 Å². The van der Waals surface area contributed by atoms with Gasteiger partial charge < -0.3 is 19.7 Å². The SMILES string of the molecule is CCN1CCN(CCNC(=O)c2c(N3CCCC3=O)c3cc(F)ccc3n2CC)CC1. The lowest BCUT2D eigenvalue weighted by molar-refractivity contribution is -0.117. The maximum Gasteiger partial charge on any atom is 0.270 e. The number of piperazine rings is 1. The molecule has 1 N–H and O–H groups in total. The van der Waals surface area contributed by atoms with Gasteiger partial charge in [0.1, 0.15) is 11.5 Å². The van der Waals surface area contributed by atoms with Crippen molar-refractivity contribution in [1.29, 1.82) is 0 Å². The number of aromatic nitrogens is 1. The van der Waals surface area contributed by atoms with E-state index in [1.807, 2.05) is 11.5 Å². The summed E-state index contributed by atoms with van der Waals surface area (Å²) in [6.07, 6.45) is 1.21. The average molecular weight is 430 g/mol. The molecule has 2 aromatic rings. The predicted octanol–water partition coefficient (Wildman–Crippen LogP) is 2.29. The average Bonchev–Trinajstić information content (AvgIpc) is 3.33. The van der Waals surface area contributed by atoms with Crippen molar-refractivity contribution in [3.63, 3.8) is 0 Å². The second-order valence-corrected chi connectivity index (χ2v) is 8.28. The lowest BCUT2D eigenvalue weighted by Crippen LogP contribution is -2.48. The molecule has 1 aromatic carbocycles. The van der Waals surface area contributed by atoms with Gasteiger partial charge in [0.2, 0.25) is 5.91 Å². The molecule has 0 saturated carbocycles. The quantitative estimate of drug-likeness (QED) is 0.734. The molecular weight excluding hydrogens is 397 g/mol. The number of carbonyl (C=O) groups excluding carboxylic acids is 2. The van der Waals surface area contributed by atoms with Crippen LogP contribution in [0.2, 0.25) is 0 Å². The summed E-state index contributed by atoms with van der Waals surface area (Å²) < 4.78 is 16.0. The van der Waals surface area contributed by atoms with Gasteiger partial charge in [0.05, 0.1) is 11.2 Å². The van der Waals surface area contributed by atoms with E-state index in [9.17, 15) is 14.0 Å². The monoisotopic (exact) mass is 429 g/mol. The number of halogens is 1. The van der Waals surface area contributed by atoms with Crippen LogP contribution in [-0.2, 0) is 11.3 Å². The summed E-state index contributed by atoms with van der Waals surface area (Å²) >= 11 is 0. The molecule has 2 saturated heterocycles. The largest absolute Gasteiger partial charge is 0.349 e. The van der Waals surface area contributed by atoms with Crippen LogP contribution in [0.5, 0.6) is 0 Å². The Morgan fingerprint density at radius 3 is 2.45 bits per heavy atom. The lowest BCUT2D eigenvalue weighted by atomic mass is 10.2. The minimum atomic E-state index is -0.369. The van der Waals surface area contributed by atoms with Gasteiger partial charge in [-0.25, -0.2) is 4.39 Å². The number of rotatable bonds is 7. The molecule has 3 heterocycles. The van der Waals surface area contributed by atoms with Gasteiger partial charge in [0, 0.05) is 64.2 Å². The number of anilines is 1. The van der Waals surface area contributed by atoms with E-state index in [2.05, 4.69) is 22.0 Å². The number of carbonyl (C=O) groups is 2. The molecule has 0 spiro atoms. The van der Waals surface area contributed by atoms with Gasteiger partial charge in [0.15, 0.2) is 0 Å². The molecule has 2 amide bonds. The third-order valence-electron chi connectivity index (χ3n) is 6.50. The molecule has 2 aliphatic heterocycles. The summed E-state index contributed by atoms with van der Waals surface area (Å²) in [5.74, 6) is -0.588. The predicted molar refractivity (Wildman–Crippen MR) is 120 cm³/mol. The topological polar surface area (TPSA) is 60.8 Å². The van der Waals surface area contributed by atoms with Crippen molar-refractivity contribution < 1.29 is 14.0 Å². The fourth-order valence-corrected chi connectivity index (χ4v) is 4.77. The molecule has 168 valence electrons. The molecule has 0 aliphatic carbocycles. The van der Waals surface area contributed by atoms with Crippen LogP contribution in [0, 0.1) is 5.82 Å². The second kappa shape index (κ2) is 9.36. The minimum Gasteiger partial charge on any atom is -0.349 e. The third-order valence-corrected chi connectivity index (χ3v) is 6.50. The van der Waals surface area contributed by atoms with Gasteiger partial charge in [-0.1, -0.05) is 6.92 Å². The van der Waals surface area contributed by atoms with Gasteiger partial charge in [0.25, 0.3) is 5.91 Å². The molecule has 7 nitrogen and oxygen atoms in total. The van der Waals surface area contributed by atoms with E-state index in [1.165, 1.54) is 12.1 Å². The van der Waals surface area contributed by atoms with Crippen molar-refractivity contribution in [3.8, 4) is 0 Å². The van der Waals surface area contributed by atoms with E-state index in [1.54, 1.807) is 11.0 Å². The Kier molecular flexibility index (Phi) is 6.57. The van der Waals surface area contributed by atoms with Crippen LogP contribution in [-0.4, -0.2) is 78.5 Å². The maximum atomic E-state index is 14.1. The summed E-state index contributed by atoms with van der Waals surface area (Å²) in [4.78, 5) is 32.3. The number of aryl methyl sites for hydroxylation is 1. The zero-order valence-electron chi connectivity index (χ0n) is 18.5. The first-order valence-corrected chi connectivity index (χ1v) is 11.4. The van der Waals surface area contributed by atoms with E-state index < -0.39 is 0 Å². The van der Waals surface area contributed by atoms with Crippen LogP contribution in [0.1, 0.15) is 37.2 Å². The summed E-state index contributed by atoms with van der Waals surface area (Å²) in [7, 11) is 0. The Morgan fingerprint density at radius 1 is 1.06 bits per heavy atom. The van der Waals surface area contributed by atoms with E-state index in [4.69, 9.17) is 0 Å². The van der Waals surface area contributed by atoms with Crippen molar-refractivity contribution in [2.24, 2.45) is 0 Å². The molecular formula is C23H32FN5O2. The zero-order valence-corrected chi connectivity index (χ0v) is 18.5. The van der Waals surface area contributed by atoms with Crippen LogP contribution < -0.4 is 10.2 Å². The fourth-order valence-electron chi connectivity index (χ4n) is 4.77. The number of amides is 2. The summed E-state index contributed by atoms with van der Waals surface area (Å²) in [6, 6.07) is 4.54. The van der Waals surface area contributed by atoms with E-state index in [-0.39, 0.29) is 17.6 Å². The van der Waals surface area contributed by atoms with E-state index >= 15 is 0 Å². The van der Waals surface area contributed by atoms with E-state index in [0.717, 1.165) is 51.2 Å². The van der Waals surface area contributed by atoms with Gasteiger partial charge >= 0.3 is 0 Å². The second-order valence-electron chi connectivity index (χ2n) is 8.28. The Bertz CT molecular complexity index is 965. The maximum absolute atomic E-state index is 14.1. The van der Waals surface area contributed by atoms with Crippen molar-refractivity contribution in [2.75, 3.05) is 57.3 Å². The molecule has 0 unspecified atom stereocenters. The van der Waals surface area contributed by atoms with Crippen molar-refractivity contribution in [1.82, 2.24) is 19.7 Å². The Labute approximate surface area is 182 Å². The Hall–Kier alpha value is -2.45. The number of hydrogen-bond donors (Lipinski definition) is 1. The van der Waals surface area contributed by atoms with Crippen LogP contribution in [0.15, 0.2) is 18.2 Å². The molecule has 31 heavy (non-hydrogen) atoms. The normalized spacial score (nSPS) is 18.3. The van der Waals surface area contributed by atoms with Crippen LogP contribution in [0.3, 0.4) is 0 Å². The first kappa shape index (κ1) is 21.8. The molecule has 2 fully saturated rings. The molecule has 1 aromatic heterocycles. The molecule has 0 bridgehead atoms.